The largest absolute Gasteiger partial charge is 0.416 e. The zero-order valence-corrected chi connectivity index (χ0v) is 19.7. The first-order valence-electron chi connectivity index (χ1n) is 11.6. The third-order valence-corrected chi connectivity index (χ3v) is 5.76. The van der Waals surface area contributed by atoms with E-state index in [4.69, 9.17) is 4.74 Å². The van der Waals surface area contributed by atoms with Crippen LogP contribution >= 0.6 is 0 Å². The molecule has 1 aromatic carbocycles. The molecule has 8 nitrogen and oxygen atoms in total. The van der Waals surface area contributed by atoms with Gasteiger partial charge in [-0.2, -0.15) is 13.2 Å². The van der Waals surface area contributed by atoms with Gasteiger partial charge in [0.15, 0.2) is 0 Å². The first-order valence-corrected chi connectivity index (χ1v) is 11.6. The van der Waals surface area contributed by atoms with Crippen LogP contribution in [0.5, 0.6) is 0 Å². The van der Waals surface area contributed by atoms with E-state index in [0.29, 0.717) is 58.0 Å². The minimum atomic E-state index is -4.40. The first kappa shape index (κ1) is 26.4. The van der Waals surface area contributed by atoms with Gasteiger partial charge in [-0.15, -0.1) is 0 Å². The van der Waals surface area contributed by atoms with Gasteiger partial charge in [-0.05, 0) is 31.5 Å². The van der Waals surface area contributed by atoms with Gasteiger partial charge in [-0.1, -0.05) is 6.07 Å². The lowest BCUT2D eigenvalue weighted by Gasteiger charge is -2.36. The highest BCUT2D eigenvalue weighted by atomic mass is 19.4. The maximum atomic E-state index is 13.0. The fourth-order valence-electron chi connectivity index (χ4n) is 3.87. The zero-order chi connectivity index (χ0) is 25.3. The van der Waals surface area contributed by atoms with Gasteiger partial charge in [0, 0.05) is 77.0 Å². The lowest BCUT2D eigenvalue weighted by molar-refractivity contribution is -0.137. The number of hydrogen-bond donors (Lipinski definition) is 0. The van der Waals surface area contributed by atoms with E-state index in [1.54, 1.807) is 15.9 Å². The zero-order valence-electron chi connectivity index (χ0n) is 19.7. The standard InChI is InChI=1S/C24H30F3N5O3/c1-2-35-16-4-10-32(23(34)21-18-28-8-9-29-21)11-7-22(33)31-14-12-30(13-15-31)20-6-3-5-19(17-20)24(25,26)27/h3,5-6,8-9,17-18H,2,4,7,10-16H2,1H3. The number of halogens is 3. The molecule has 35 heavy (non-hydrogen) atoms. The number of anilines is 1. The summed E-state index contributed by atoms with van der Waals surface area (Å²) >= 11 is 0. The monoisotopic (exact) mass is 493 g/mol. The molecule has 1 aromatic heterocycles. The average Bonchev–Trinajstić information content (AvgIpc) is 2.88. The Morgan fingerprint density at radius 3 is 2.54 bits per heavy atom. The Morgan fingerprint density at radius 1 is 1.11 bits per heavy atom. The number of nitrogens with zero attached hydrogens (tertiary/aromatic N) is 5. The molecule has 0 bridgehead atoms. The number of ether oxygens (including phenoxy) is 1. The molecule has 0 atom stereocenters. The SMILES string of the molecule is CCOCCCN(CCC(=O)N1CCN(c2cccc(C(F)(F)F)c2)CC1)C(=O)c1cnccn1. The van der Waals surface area contributed by atoms with Crippen LogP contribution in [0.4, 0.5) is 18.9 Å². The Labute approximate surface area is 202 Å². The van der Waals surface area contributed by atoms with Crippen LogP contribution in [0.25, 0.3) is 0 Å². The van der Waals surface area contributed by atoms with Crippen molar-refractivity contribution in [3.05, 3.63) is 54.1 Å². The van der Waals surface area contributed by atoms with E-state index in [0.717, 1.165) is 12.1 Å². The van der Waals surface area contributed by atoms with Gasteiger partial charge in [0.1, 0.15) is 5.69 Å². The lowest BCUT2D eigenvalue weighted by Crippen LogP contribution is -2.49. The summed E-state index contributed by atoms with van der Waals surface area (Å²) in [5.74, 6) is -0.396. The molecule has 11 heteroatoms. The molecule has 0 unspecified atom stereocenters. The van der Waals surface area contributed by atoms with Crippen molar-refractivity contribution in [2.45, 2.75) is 25.9 Å². The van der Waals surface area contributed by atoms with Crippen molar-refractivity contribution in [1.29, 1.82) is 0 Å². The maximum absolute atomic E-state index is 13.0. The number of benzene rings is 1. The number of alkyl halides is 3. The van der Waals surface area contributed by atoms with Gasteiger partial charge < -0.3 is 19.4 Å². The summed E-state index contributed by atoms with van der Waals surface area (Å²) < 4.78 is 44.4. The molecule has 1 aliphatic heterocycles. The highest BCUT2D eigenvalue weighted by molar-refractivity contribution is 5.92. The van der Waals surface area contributed by atoms with Crippen LogP contribution in [0.1, 0.15) is 35.8 Å². The topological polar surface area (TPSA) is 78.9 Å². The molecule has 3 rings (SSSR count). The van der Waals surface area contributed by atoms with Gasteiger partial charge in [0.05, 0.1) is 11.8 Å². The highest BCUT2D eigenvalue weighted by Crippen LogP contribution is 2.31. The van der Waals surface area contributed by atoms with E-state index >= 15 is 0 Å². The Morgan fingerprint density at radius 2 is 1.89 bits per heavy atom. The number of rotatable bonds is 10. The molecule has 0 spiro atoms. The summed E-state index contributed by atoms with van der Waals surface area (Å²) in [6, 6.07) is 5.22. The summed E-state index contributed by atoms with van der Waals surface area (Å²) in [4.78, 5) is 38.8. The van der Waals surface area contributed by atoms with Crippen molar-refractivity contribution in [3.63, 3.8) is 0 Å². The quantitative estimate of drug-likeness (QED) is 0.474. The molecule has 1 saturated heterocycles. The fraction of sp³-hybridized carbons (Fsp3) is 0.500. The van der Waals surface area contributed by atoms with Crippen molar-refractivity contribution in [2.75, 3.05) is 57.4 Å². The van der Waals surface area contributed by atoms with Crippen LogP contribution in [-0.2, 0) is 15.7 Å². The smallest absolute Gasteiger partial charge is 0.382 e. The molecule has 0 saturated carbocycles. The van der Waals surface area contributed by atoms with Crippen LogP contribution in [0.15, 0.2) is 42.9 Å². The molecule has 2 heterocycles. The average molecular weight is 494 g/mol. The minimum Gasteiger partial charge on any atom is -0.382 e. The second-order valence-corrected chi connectivity index (χ2v) is 8.10. The van der Waals surface area contributed by atoms with Crippen LogP contribution in [0, 0.1) is 0 Å². The van der Waals surface area contributed by atoms with E-state index in [1.165, 1.54) is 24.7 Å². The number of aromatic nitrogens is 2. The number of amides is 2. The van der Waals surface area contributed by atoms with Gasteiger partial charge in [0.2, 0.25) is 5.91 Å². The van der Waals surface area contributed by atoms with Crippen molar-refractivity contribution in [2.24, 2.45) is 0 Å². The molecule has 2 aromatic rings. The molecule has 0 aliphatic carbocycles. The summed E-state index contributed by atoms with van der Waals surface area (Å²) in [5.41, 5.74) is 0.0127. The van der Waals surface area contributed by atoms with Crippen LogP contribution in [0.3, 0.4) is 0 Å². The summed E-state index contributed by atoms with van der Waals surface area (Å²) in [7, 11) is 0. The van der Waals surface area contributed by atoms with Crippen molar-refractivity contribution in [3.8, 4) is 0 Å². The molecule has 190 valence electrons. The van der Waals surface area contributed by atoms with E-state index in [-0.39, 0.29) is 30.5 Å². The number of carbonyl (C=O) groups is 2. The molecular weight excluding hydrogens is 463 g/mol. The second-order valence-electron chi connectivity index (χ2n) is 8.10. The van der Waals surface area contributed by atoms with E-state index in [1.807, 2.05) is 11.8 Å². The van der Waals surface area contributed by atoms with Gasteiger partial charge in [-0.3, -0.25) is 14.6 Å². The van der Waals surface area contributed by atoms with Crippen LogP contribution in [0.2, 0.25) is 0 Å². The Kier molecular flexibility index (Phi) is 9.41. The first-order chi connectivity index (χ1) is 16.8. The minimum absolute atomic E-state index is 0.101. The summed E-state index contributed by atoms with van der Waals surface area (Å²) in [6.07, 6.45) is 0.699. The van der Waals surface area contributed by atoms with E-state index < -0.39 is 11.7 Å². The third-order valence-electron chi connectivity index (χ3n) is 5.76. The number of hydrogen-bond acceptors (Lipinski definition) is 6. The van der Waals surface area contributed by atoms with Crippen molar-refractivity contribution in [1.82, 2.24) is 19.8 Å². The fourth-order valence-corrected chi connectivity index (χ4v) is 3.87. The summed E-state index contributed by atoms with van der Waals surface area (Å²) in [5, 5.41) is 0. The second kappa shape index (κ2) is 12.5. The molecule has 0 radical (unpaired) electrons. The highest BCUT2D eigenvalue weighted by Gasteiger charge is 2.31. The van der Waals surface area contributed by atoms with Gasteiger partial charge in [-0.25, -0.2) is 4.98 Å². The normalized spacial score (nSPS) is 14.2. The predicted octanol–water partition coefficient (Wildman–Crippen LogP) is 3.10. The van der Waals surface area contributed by atoms with Gasteiger partial charge >= 0.3 is 6.18 Å². The Bertz CT molecular complexity index is 966. The van der Waals surface area contributed by atoms with Crippen LogP contribution in [-0.4, -0.2) is 84.1 Å². The van der Waals surface area contributed by atoms with Crippen molar-refractivity contribution < 1.29 is 27.5 Å². The molecular formula is C24H30F3N5O3. The lowest BCUT2D eigenvalue weighted by atomic mass is 10.1. The predicted molar refractivity (Wildman–Crippen MR) is 124 cm³/mol. The Hall–Kier alpha value is -3.21. The van der Waals surface area contributed by atoms with E-state index in [2.05, 4.69) is 9.97 Å². The molecule has 0 N–H and O–H groups in total. The molecule has 1 fully saturated rings. The Balaban J connectivity index is 1.54. The van der Waals surface area contributed by atoms with Gasteiger partial charge in [0.25, 0.3) is 5.91 Å². The summed E-state index contributed by atoms with van der Waals surface area (Å²) in [6.45, 7) is 5.31. The number of carbonyl (C=O) groups excluding carboxylic acids is 2. The van der Waals surface area contributed by atoms with Crippen molar-refractivity contribution >= 4 is 17.5 Å². The van der Waals surface area contributed by atoms with E-state index in [9.17, 15) is 22.8 Å². The number of piperazine rings is 1. The van der Waals surface area contributed by atoms with Crippen LogP contribution < -0.4 is 4.90 Å². The third kappa shape index (κ3) is 7.64. The molecule has 2 amide bonds. The maximum Gasteiger partial charge on any atom is 0.416 e. The molecule has 1 aliphatic rings.